The summed E-state index contributed by atoms with van der Waals surface area (Å²) in [6.07, 6.45) is 9.32. The molecule has 5 heterocycles. The second kappa shape index (κ2) is 8.31. The van der Waals surface area contributed by atoms with Gasteiger partial charge in [-0.15, -0.1) is 12.4 Å². The number of hydrogen-bond acceptors (Lipinski definition) is 9. The van der Waals surface area contributed by atoms with Crippen LogP contribution in [-0.2, 0) is 0 Å². The average molecular weight is 449 g/mol. The lowest BCUT2D eigenvalue weighted by molar-refractivity contribution is 0.371. The van der Waals surface area contributed by atoms with E-state index in [0.717, 1.165) is 56.1 Å². The van der Waals surface area contributed by atoms with Gasteiger partial charge in [-0.2, -0.15) is 5.10 Å². The van der Waals surface area contributed by atoms with E-state index in [2.05, 4.69) is 44.4 Å². The van der Waals surface area contributed by atoms with Crippen molar-refractivity contribution in [2.45, 2.75) is 31.8 Å². The van der Waals surface area contributed by atoms with Gasteiger partial charge in [0.25, 0.3) is 0 Å². The van der Waals surface area contributed by atoms with E-state index in [1.54, 1.807) is 47.5 Å². The Kier molecular flexibility index (Phi) is 5.77. The predicted molar refractivity (Wildman–Crippen MR) is 120 cm³/mol. The van der Waals surface area contributed by atoms with Crippen LogP contribution in [0.15, 0.2) is 24.8 Å². The van der Waals surface area contributed by atoms with Crippen LogP contribution in [0.5, 0.6) is 0 Å². The van der Waals surface area contributed by atoms with Gasteiger partial charge in [-0.3, -0.25) is 10.1 Å². The molecule has 0 unspecified atom stereocenters. The van der Waals surface area contributed by atoms with Crippen LogP contribution in [0, 0.1) is 0 Å². The first-order valence-corrected chi connectivity index (χ1v) is 10.9. The SMILES string of the molecule is C[C@@H]1C[C@@H](N(C)c2nc3sc(-c4cnc(-c5cn[nH]c5)cn4)nc3s2)CCN1.Cl. The summed E-state index contributed by atoms with van der Waals surface area (Å²) in [6.45, 7) is 3.30. The fourth-order valence-corrected chi connectivity index (χ4v) is 5.52. The Morgan fingerprint density at radius 3 is 2.55 bits per heavy atom. The van der Waals surface area contributed by atoms with Gasteiger partial charge in [0.2, 0.25) is 0 Å². The van der Waals surface area contributed by atoms with Crippen molar-refractivity contribution >= 4 is 49.9 Å². The monoisotopic (exact) mass is 448 g/mol. The minimum Gasteiger partial charge on any atom is -0.348 e. The van der Waals surface area contributed by atoms with Crippen LogP contribution in [0.25, 0.3) is 31.6 Å². The Morgan fingerprint density at radius 1 is 1.07 bits per heavy atom. The number of hydrogen-bond donors (Lipinski definition) is 2. The van der Waals surface area contributed by atoms with E-state index in [0.29, 0.717) is 12.1 Å². The number of aromatic nitrogens is 6. The minimum atomic E-state index is 0. The van der Waals surface area contributed by atoms with Crippen molar-refractivity contribution in [3.63, 3.8) is 0 Å². The molecule has 2 atom stereocenters. The van der Waals surface area contributed by atoms with E-state index in [4.69, 9.17) is 9.97 Å². The first kappa shape index (κ1) is 20.1. The molecule has 0 radical (unpaired) electrons. The molecular formula is C18H21ClN8S2. The molecule has 1 aliphatic heterocycles. The molecule has 5 rings (SSSR count). The zero-order valence-electron chi connectivity index (χ0n) is 16.0. The molecular weight excluding hydrogens is 428 g/mol. The van der Waals surface area contributed by atoms with Crippen LogP contribution in [0.4, 0.5) is 5.13 Å². The number of nitrogens with one attached hydrogen (secondary N) is 2. The highest BCUT2D eigenvalue weighted by molar-refractivity contribution is 7.29. The van der Waals surface area contributed by atoms with Crippen molar-refractivity contribution < 1.29 is 0 Å². The molecule has 1 aliphatic rings. The Morgan fingerprint density at radius 2 is 1.86 bits per heavy atom. The third-order valence-corrected chi connectivity index (χ3v) is 7.22. The van der Waals surface area contributed by atoms with Gasteiger partial charge in [-0.1, -0.05) is 22.7 Å². The van der Waals surface area contributed by atoms with Gasteiger partial charge in [0.05, 0.1) is 24.3 Å². The predicted octanol–water partition coefficient (Wildman–Crippen LogP) is 3.60. The van der Waals surface area contributed by atoms with Crippen LogP contribution in [0.2, 0.25) is 0 Å². The second-order valence-corrected chi connectivity index (χ2v) is 8.98. The van der Waals surface area contributed by atoms with Gasteiger partial charge in [0, 0.05) is 30.9 Å². The number of piperidine rings is 1. The van der Waals surface area contributed by atoms with Crippen molar-refractivity contribution in [2.75, 3.05) is 18.5 Å². The number of aromatic amines is 1. The molecule has 4 aromatic rings. The molecule has 0 spiro atoms. The van der Waals surface area contributed by atoms with Crippen molar-refractivity contribution in [2.24, 2.45) is 0 Å². The Hall–Kier alpha value is -2.14. The summed E-state index contributed by atoms with van der Waals surface area (Å²) in [5, 5.41) is 12.1. The fraction of sp³-hybridized carbons (Fsp3) is 0.389. The van der Waals surface area contributed by atoms with Gasteiger partial charge >= 0.3 is 0 Å². The molecule has 4 aromatic heterocycles. The maximum absolute atomic E-state index is 4.84. The zero-order valence-corrected chi connectivity index (χ0v) is 18.4. The number of fused-ring (bicyclic) bond motifs is 1. The lowest BCUT2D eigenvalue weighted by Crippen LogP contribution is -2.45. The first-order valence-electron chi connectivity index (χ1n) is 9.22. The lowest BCUT2D eigenvalue weighted by atomic mass is 10.00. The van der Waals surface area contributed by atoms with E-state index in [1.165, 1.54) is 0 Å². The quantitative estimate of drug-likeness (QED) is 0.492. The molecule has 29 heavy (non-hydrogen) atoms. The molecule has 8 nitrogen and oxygen atoms in total. The largest absolute Gasteiger partial charge is 0.348 e. The van der Waals surface area contributed by atoms with Crippen LogP contribution in [0.1, 0.15) is 19.8 Å². The number of nitrogens with zero attached hydrogens (tertiary/aromatic N) is 6. The summed E-state index contributed by atoms with van der Waals surface area (Å²) in [5.74, 6) is 0. The number of rotatable bonds is 4. The van der Waals surface area contributed by atoms with Crippen molar-refractivity contribution in [1.82, 2.24) is 35.5 Å². The van der Waals surface area contributed by atoms with Gasteiger partial charge in [-0.05, 0) is 26.3 Å². The lowest BCUT2D eigenvalue weighted by Gasteiger charge is -2.34. The van der Waals surface area contributed by atoms with E-state index < -0.39 is 0 Å². The van der Waals surface area contributed by atoms with Gasteiger partial charge in [-0.25, -0.2) is 15.0 Å². The van der Waals surface area contributed by atoms with E-state index in [1.807, 2.05) is 0 Å². The topological polar surface area (TPSA) is 95.5 Å². The Balaban J connectivity index is 0.00000205. The minimum absolute atomic E-state index is 0. The Labute approximate surface area is 182 Å². The maximum atomic E-state index is 4.84. The van der Waals surface area contributed by atoms with Gasteiger partial charge in [0.15, 0.2) is 14.8 Å². The molecule has 0 amide bonds. The highest BCUT2D eigenvalue weighted by atomic mass is 35.5. The maximum Gasteiger partial charge on any atom is 0.188 e. The summed E-state index contributed by atoms with van der Waals surface area (Å²) >= 11 is 3.22. The molecule has 0 aliphatic carbocycles. The molecule has 2 N–H and O–H groups in total. The van der Waals surface area contributed by atoms with Gasteiger partial charge in [0.1, 0.15) is 10.7 Å². The van der Waals surface area contributed by atoms with Crippen LogP contribution < -0.4 is 10.2 Å². The van der Waals surface area contributed by atoms with Crippen LogP contribution in [0.3, 0.4) is 0 Å². The summed E-state index contributed by atoms with van der Waals surface area (Å²) in [7, 11) is 2.14. The smallest absolute Gasteiger partial charge is 0.188 e. The highest BCUT2D eigenvalue weighted by Gasteiger charge is 2.25. The third kappa shape index (κ3) is 3.97. The number of thiazole rings is 2. The molecule has 1 saturated heterocycles. The zero-order chi connectivity index (χ0) is 19.1. The number of halogens is 1. The summed E-state index contributed by atoms with van der Waals surface area (Å²) < 4.78 is 0. The van der Waals surface area contributed by atoms with Gasteiger partial charge < -0.3 is 10.2 Å². The van der Waals surface area contributed by atoms with E-state index in [-0.39, 0.29) is 12.4 Å². The molecule has 1 fully saturated rings. The first-order chi connectivity index (χ1) is 13.7. The number of anilines is 1. The van der Waals surface area contributed by atoms with Crippen molar-refractivity contribution in [1.29, 1.82) is 0 Å². The fourth-order valence-electron chi connectivity index (χ4n) is 3.48. The molecule has 0 saturated carbocycles. The average Bonchev–Trinajstić information content (AvgIpc) is 3.44. The number of H-pyrrole nitrogens is 1. The van der Waals surface area contributed by atoms with E-state index >= 15 is 0 Å². The molecule has 152 valence electrons. The molecule has 11 heteroatoms. The second-order valence-electron chi connectivity index (χ2n) is 7.04. The normalized spacial score (nSPS) is 19.2. The Bertz CT molecular complexity index is 1040. The van der Waals surface area contributed by atoms with Crippen LogP contribution >= 0.6 is 35.1 Å². The summed E-state index contributed by atoms with van der Waals surface area (Å²) in [5.41, 5.74) is 2.47. The highest BCUT2D eigenvalue weighted by Crippen LogP contribution is 2.36. The van der Waals surface area contributed by atoms with Crippen LogP contribution in [-0.4, -0.2) is 55.8 Å². The summed E-state index contributed by atoms with van der Waals surface area (Å²) in [4.78, 5) is 22.8. The van der Waals surface area contributed by atoms with Crippen molar-refractivity contribution in [3.05, 3.63) is 24.8 Å². The van der Waals surface area contributed by atoms with Crippen molar-refractivity contribution in [3.8, 4) is 22.0 Å². The standard InChI is InChI=1S/C18H20N8S2.ClH/c1-10-5-12(3-4-19-10)26(2)18-25-17-16(28-18)24-15(27-17)14-9-20-13(8-21-14)11-6-22-23-7-11;/h6-10,12,19H,3-5H2,1-2H3,(H,22,23);1H/t10-,12+;/m1./s1. The molecule has 0 bridgehead atoms. The summed E-state index contributed by atoms with van der Waals surface area (Å²) in [6, 6.07) is 1.08. The third-order valence-electron chi connectivity index (χ3n) is 5.07. The molecule has 0 aromatic carbocycles. The van der Waals surface area contributed by atoms with E-state index in [9.17, 15) is 0 Å².